The fourth-order valence-corrected chi connectivity index (χ4v) is 5.23. The molecule has 1 N–H and O–H groups in total. The summed E-state index contributed by atoms with van der Waals surface area (Å²) in [4.78, 5) is 32.6. The number of amides is 1. The third-order valence-corrected chi connectivity index (χ3v) is 7.07. The van der Waals surface area contributed by atoms with Crippen LogP contribution in [0.4, 0.5) is 9.52 Å². The number of ketones is 1. The van der Waals surface area contributed by atoms with Crippen LogP contribution in [0.3, 0.4) is 0 Å². The van der Waals surface area contributed by atoms with E-state index in [4.69, 9.17) is 4.74 Å². The summed E-state index contributed by atoms with van der Waals surface area (Å²) in [5.74, 6) is -1.86. The number of carbonyl (C=O) groups excluding carboxylic acids is 2. The van der Waals surface area contributed by atoms with Crippen LogP contribution in [0.2, 0.25) is 0 Å². The van der Waals surface area contributed by atoms with Crippen LogP contribution in [-0.4, -0.2) is 28.9 Å². The van der Waals surface area contributed by atoms with Crippen molar-refractivity contribution in [1.29, 1.82) is 0 Å². The molecule has 35 heavy (non-hydrogen) atoms. The van der Waals surface area contributed by atoms with E-state index >= 15 is 0 Å². The molecule has 1 fully saturated rings. The maximum Gasteiger partial charge on any atom is 0.301 e. The van der Waals surface area contributed by atoms with Gasteiger partial charge in [-0.1, -0.05) is 36.5 Å². The third-order valence-electron chi connectivity index (χ3n) is 6.05. The molecule has 1 saturated heterocycles. The lowest BCUT2D eigenvalue weighted by Crippen LogP contribution is -2.29. The van der Waals surface area contributed by atoms with Gasteiger partial charge in [-0.15, -0.1) is 0 Å². The summed E-state index contributed by atoms with van der Waals surface area (Å²) >= 11 is 1.31. The highest BCUT2D eigenvalue weighted by molar-refractivity contribution is 7.22. The predicted molar refractivity (Wildman–Crippen MR) is 133 cm³/mol. The molecule has 1 aromatic heterocycles. The summed E-state index contributed by atoms with van der Waals surface area (Å²) in [6.07, 6.45) is 0.858. The average molecular weight is 489 g/mol. The predicted octanol–water partition coefficient (Wildman–Crippen LogP) is 5.63. The Kier molecular flexibility index (Phi) is 5.82. The molecule has 1 aliphatic rings. The Labute approximate surface area is 204 Å². The van der Waals surface area contributed by atoms with E-state index in [9.17, 15) is 19.1 Å². The summed E-state index contributed by atoms with van der Waals surface area (Å²) in [6, 6.07) is 17.0. The Hall–Kier alpha value is -4.04. The molecule has 0 aliphatic carbocycles. The van der Waals surface area contributed by atoms with Gasteiger partial charge in [0.1, 0.15) is 17.3 Å². The Bertz CT molecular complexity index is 1480. The van der Waals surface area contributed by atoms with Crippen molar-refractivity contribution in [3.63, 3.8) is 0 Å². The summed E-state index contributed by atoms with van der Waals surface area (Å²) < 4.78 is 19.6. The first-order valence-electron chi connectivity index (χ1n) is 11.0. The zero-order valence-electron chi connectivity index (χ0n) is 19.0. The van der Waals surface area contributed by atoms with Crippen molar-refractivity contribution in [1.82, 2.24) is 4.98 Å². The Morgan fingerprint density at radius 3 is 2.46 bits per heavy atom. The van der Waals surface area contributed by atoms with Gasteiger partial charge in [-0.05, 0) is 66.1 Å². The molecular formula is C27H21FN2O4S. The number of hydrogen-bond donors (Lipinski definition) is 1. The van der Waals surface area contributed by atoms with Gasteiger partial charge in [0.2, 0.25) is 0 Å². The van der Waals surface area contributed by atoms with Crippen molar-refractivity contribution in [3.05, 3.63) is 94.8 Å². The molecule has 3 aromatic carbocycles. The topological polar surface area (TPSA) is 79.7 Å². The largest absolute Gasteiger partial charge is 0.507 e. The van der Waals surface area contributed by atoms with Gasteiger partial charge >= 0.3 is 5.91 Å². The van der Waals surface area contributed by atoms with E-state index in [0.29, 0.717) is 16.4 Å². The fraction of sp³-hybridized carbons (Fsp3) is 0.148. The van der Waals surface area contributed by atoms with Crippen LogP contribution in [0.25, 0.3) is 16.0 Å². The van der Waals surface area contributed by atoms with E-state index in [-0.39, 0.29) is 16.9 Å². The molecule has 5 rings (SSSR count). The maximum absolute atomic E-state index is 13.5. The lowest BCUT2D eigenvalue weighted by Gasteiger charge is -2.23. The molecule has 4 aromatic rings. The lowest BCUT2D eigenvalue weighted by atomic mass is 9.95. The molecule has 2 heterocycles. The molecule has 176 valence electrons. The fourth-order valence-electron chi connectivity index (χ4n) is 4.17. The van der Waals surface area contributed by atoms with E-state index in [1.54, 1.807) is 31.4 Å². The zero-order valence-corrected chi connectivity index (χ0v) is 19.8. The van der Waals surface area contributed by atoms with Crippen molar-refractivity contribution in [2.45, 2.75) is 19.4 Å². The molecule has 1 atom stereocenters. The molecule has 1 aliphatic heterocycles. The van der Waals surface area contributed by atoms with Crippen molar-refractivity contribution in [3.8, 4) is 5.75 Å². The maximum atomic E-state index is 13.5. The highest BCUT2D eigenvalue weighted by Gasteiger charge is 2.48. The van der Waals surface area contributed by atoms with Gasteiger partial charge < -0.3 is 9.84 Å². The number of anilines is 1. The molecule has 0 spiro atoms. The van der Waals surface area contributed by atoms with Crippen LogP contribution in [0.1, 0.15) is 29.7 Å². The van der Waals surface area contributed by atoms with Crippen LogP contribution in [-0.2, 0) is 16.0 Å². The third kappa shape index (κ3) is 3.95. The van der Waals surface area contributed by atoms with E-state index in [2.05, 4.69) is 11.9 Å². The number of aromatic nitrogens is 1. The van der Waals surface area contributed by atoms with Crippen molar-refractivity contribution >= 4 is 44.1 Å². The Morgan fingerprint density at radius 1 is 1.09 bits per heavy atom. The average Bonchev–Trinajstić information content (AvgIpc) is 3.41. The van der Waals surface area contributed by atoms with Crippen molar-refractivity contribution in [2.75, 3.05) is 12.0 Å². The molecule has 0 unspecified atom stereocenters. The SMILES string of the molecule is CCc1ccc2nc(N3C(=O)C(=O)C(=C(O)c4ccc(F)cc4)[C@@H]3c3ccc(OC)cc3)sc2c1. The number of ether oxygens (including phenoxy) is 1. The highest BCUT2D eigenvalue weighted by Crippen LogP contribution is 2.44. The molecule has 1 amide bonds. The van der Waals surface area contributed by atoms with Crippen LogP contribution in [0.5, 0.6) is 5.75 Å². The Morgan fingerprint density at radius 2 is 1.80 bits per heavy atom. The quantitative estimate of drug-likeness (QED) is 0.224. The summed E-state index contributed by atoms with van der Waals surface area (Å²) in [6.45, 7) is 2.06. The number of aryl methyl sites for hydroxylation is 1. The van der Waals surface area contributed by atoms with Gasteiger partial charge in [0, 0.05) is 5.56 Å². The minimum atomic E-state index is -0.919. The smallest absolute Gasteiger partial charge is 0.301 e. The second-order valence-electron chi connectivity index (χ2n) is 8.10. The number of carbonyl (C=O) groups is 2. The number of aliphatic hydroxyl groups is 1. The van der Waals surface area contributed by atoms with E-state index in [1.165, 1.54) is 40.5 Å². The second-order valence-corrected chi connectivity index (χ2v) is 9.11. The first kappa shape index (κ1) is 22.7. The van der Waals surface area contributed by atoms with Crippen molar-refractivity contribution in [2.24, 2.45) is 0 Å². The molecule has 0 bridgehead atoms. The number of fused-ring (bicyclic) bond motifs is 1. The number of aliphatic hydroxyl groups excluding tert-OH is 1. The molecule has 0 saturated carbocycles. The normalized spacial score (nSPS) is 17.3. The number of methoxy groups -OCH3 is 1. The number of benzene rings is 3. The second kappa shape index (κ2) is 8.96. The van der Waals surface area contributed by atoms with Crippen molar-refractivity contribution < 1.29 is 23.8 Å². The van der Waals surface area contributed by atoms with Gasteiger partial charge in [0.15, 0.2) is 5.13 Å². The van der Waals surface area contributed by atoms with Crippen LogP contribution in [0, 0.1) is 5.82 Å². The van der Waals surface area contributed by atoms with Crippen LogP contribution < -0.4 is 9.64 Å². The Balaban J connectivity index is 1.70. The monoisotopic (exact) mass is 488 g/mol. The van der Waals surface area contributed by atoms with Gasteiger partial charge in [-0.25, -0.2) is 9.37 Å². The number of hydrogen-bond acceptors (Lipinski definition) is 6. The number of rotatable bonds is 5. The van der Waals surface area contributed by atoms with E-state index in [1.807, 2.05) is 18.2 Å². The number of Topliss-reactive ketones (excluding diaryl/α,β-unsaturated/α-hetero) is 1. The zero-order chi connectivity index (χ0) is 24.7. The minimum Gasteiger partial charge on any atom is -0.507 e. The van der Waals surface area contributed by atoms with E-state index < -0.39 is 23.5 Å². The molecule has 8 heteroatoms. The highest BCUT2D eigenvalue weighted by atomic mass is 32.1. The number of nitrogens with zero attached hydrogens (tertiary/aromatic N) is 2. The van der Waals surface area contributed by atoms with Gasteiger partial charge in [-0.2, -0.15) is 0 Å². The van der Waals surface area contributed by atoms with Crippen LogP contribution in [0.15, 0.2) is 72.3 Å². The molecular weight excluding hydrogens is 467 g/mol. The van der Waals surface area contributed by atoms with Gasteiger partial charge in [-0.3, -0.25) is 14.5 Å². The molecule has 6 nitrogen and oxygen atoms in total. The lowest BCUT2D eigenvalue weighted by molar-refractivity contribution is -0.132. The van der Waals surface area contributed by atoms with E-state index in [0.717, 1.165) is 22.2 Å². The standard InChI is InChI=1S/C27H21FN2O4S/c1-3-15-4-13-20-21(14-15)35-27(29-20)30-23(16-7-11-19(34-2)12-8-16)22(25(32)26(30)33)24(31)17-5-9-18(28)10-6-17/h4-14,23,31H,3H2,1-2H3/t23-/m0/s1. The summed E-state index contributed by atoms with van der Waals surface area (Å²) in [7, 11) is 1.54. The number of halogens is 1. The first-order valence-corrected chi connectivity index (χ1v) is 11.8. The first-order chi connectivity index (χ1) is 16.9. The molecule has 0 radical (unpaired) electrons. The number of thiazole rings is 1. The minimum absolute atomic E-state index is 0.0831. The summed E-state index contributed by atoms with van der Waals surface area (Å²) in [5, 5.41) is 11.5. The van der Waals surface area contributed by atoms with Gasteiger partial charge in [0.05, 0.1) is 28.9 Å². The van der Waals surface area contributed by atoms with Gasteiger partial charge in [0.25, 0.3) is 5.78 Å². The summed E-state index contributed by atoms with van der Waals surface area (Å²) in [5.41, 5.74) is 2.61. The van der Waals surface area contributed by atoms with Crippen LogP contribution >= 0.6 is 11.3 Å².